The van der Waals surface area contributed by atoms with Crippen molar-refractivity contribution < 1.29 is 13.9 Å². The van der Waals surface area contributed by atoms with Crippen LogP contribution in [-0.2, 0) is 6.54 Å². The van der Waals surface area contributed by atoms with Gasteiger partial charge in [-0.15, -0.1) is 5.10 Å². The number of furan rings is 1. The fraction of sp³-hybridized carbons (Fsp3) is 0.188. The first-order valence-electron chi connectivity index (χ1n) is 7.34. The standard InChI is InChI=1S/C16H16ClN5O3/c1-23-13-7-12(14(24-2)6-11(13)17)20-16-21-15(9-19-22-16)18-8-10-4-3-5-25-10/h3-7,9H,8H2,1-2H3,(H2,18,20,21,22). The van der Waals surface area contributed by atoms with Gasteiger partial charge in [0.1, 0.15) is 17.3 Å². The van der Waals surface area contributed by atoms with Gasteiger partial charge in [-0.25, -0.2) is 0 Å². The molecular formula is C16H16ClN5O3. The Labute approximate surface area is 149 Å². The molecule has 1 aromatic carbocycles. The van der Waals surface area contributed by atoms with Gasteiger partial charge >= 0.3 is 0 Å². The van der Waals surface area contributed by atoms with Crippen molar-refractivity contribution in [2.75, 3.05) is 24.9 Å². The highest BCUT2D eigenvalue weighted by Gasteiger charge is 2.12. The Balaban J connectivity index is 1.77. The van der Waals surface area contributed by atoms with Crippen molar-refractivity contribution in [2.45, 2.75) is 6.54 Å². The molecule has 8 nitrogen and oxygen atoms in total. The molecule has 0 saturated carbocycles. The minimum absolute atomic E-state index is 0.298. The van der Waals surface area contributed by atoms with Gasteiger partial charge in [-0.1, -0.05) is 11.6 Å². The fourth-order valence-corrected chi connectivity index (χ4v) is 2.34. The number of benzene rings is 1. The molecule has 0 radical (unpaired) electrons. The number of nitrogens with one attached hydrogen (secondary N) is 2. The SMILES string of the molecule is COc1cc(Nc2nncc(NCc3ccco3)n2)c(OC)cc1Cl. The monoisotopic (exact) mass is 361 g/mol. The zero-order chi connectivity index (χ0) is 17.6. The molecule has 0 aliphatic rings. The first-order chi connectivity index (χ1) is 12.2. The summed E-state index contributed by atoms with van der Waals surface area (Å²) in [5, 5.41) is 14.5. The van der Waals surface area contributed by atoms with Gasteiger partial charge in [-0.3, -0.25) is 0 Å². The average Bonchev–Trinajstić information content (AvgIpc) is 3.15. The maximum absolute atomic E-state index is 6.10. The summed E-state index contributed by atoms with van der Waals surface area (Å²) >= 11 is 6.10. The Morgan fingerprint density at radius 3 is 2.76 bits per heavy atom. The molecule has 0 aliphatic carbocycles. The highest BCUT2D eigenvalue weighted by Crippen LogP contribution is 2.36. The summed E-state index contributed by atoms with van der Waals surface area (Å²) in [4.78, 5) is 4.35. The van der Waals surface area contributed by atoms with Crippen molar-refractivity contribution in [2.24, 2.45) is 0 Å². The number of ether oxygens (including phenoxy) is 2. The van der Waals surface area contributed by atoms with Crippen LogP contribution >= 0.6 is 11.6 Å². The maximum atomic E-state index is 6.10. The van der Waals surface area contributed by atoms with Crippen molar-refractivity contribution in [3.8, 4) is 11.5 Å². The van der Waals surface area contributed by atoms with E-state index < -0.39 is 0 Å². The number of hydrogen-bond acceptors (Lipinski definition) is 8. The molecule has 2 heterocycles. The number of halogens is 1. The van der Waals surface area contributed by atoms with E-state index in [1.54, 1.807) is 25.5 Å². The van der Waals surface area contributed by atoms with Crippen molar-refractivity contribution in [3.63, 3.8) is 0 Å². The van der Waals surface area contributed by atoms with Crippen molar-refractivity contribution in [1.29, 1.82) is 0 Å². The van der Waals surface area contributed by atoms with Crippen LogP contribution in [-0.4, -0.2) is 29.4 Å². The van der Waals surface area contributed by atoms with E-state index in [1.807, 2.05) is 12.1 Å². The Morgan fingerprint density at radius 1 is 1.20 bits per heavy atom. The average molecular weight is 362 g/mol. The lowest BCUT2D eigenvalue weighted by Crippen LogP contribution is -2.06. The predicted octanol–water partition coefficient (Wildman–Crippen LogP) is 3.49. The van der Waals surface area contributed by atoms with E-state index in [-0.39, 0.29) is 0 Å². The van der Waals surface area contributed by atoms with Crippen LogP contribution in [0.15, 0.2) is 41.1 Å². The molecule has 0 atom stereocenters. The summed E-state index contributed by atoms with van der Waals surface area (Å²) in [7, 11) is 3.08. The highest BCUT2D eigenvalue weighted by molar-refractivity contribution is 6.32. The van der Waals surface area contributed by atoms with Gasteiger partial charge < -0.3 is 24.5 Å². The minimum atomic E-state index is 0.298. The zero-order valence-electron chi connectivity index (χ0n) is 13.6. The Bertz CT molecular complexity index is 842. The van der Waals surface area contributed by atoms with Crippen LogP contribution in [0.5, 0.6) is 11.5 Å². The summed E-state index contributed by atoms with van der Waals surface area (Å²) in [6.07, 6.45) is 3.14. The first-order valence-corrected chi connectivity index (χ1v) is 7.72. The molecule has 0 fully saturated rings. The van der Waals surface area contributed by atoms with Crippen LogP contribution in [0, 0.1) is 0 Å². The van der Waals surface area contributed by atoms with Gasteiger partial charge in [-0.05, 0) is 12.1 Å². The molecule has 0 amide bonds. The number of aromatic nitrogens is 3. The van der Waals surface area contributed by atoms with Crippen LogP contribution in [0.2, 0.25) is 5.02 Å². The molecular weight excluding hydrogens is 346 g/mol. The molecule has 0 saturated heterocycles. The number of methoxy groups -OCH3 is 2. The zero-order valence-corrected chi connectivity index (χ0v) is 14.4. The van der Waals surface area contributed by atoms with Gasteiger partial charge in [-0.2, -0.15) is 10.1 Å². The third kappa shape index (κ3) is 4.10. The van der Waals surface area contributed by atoms with E-state index in [0.29, 0.717) is 40.5 Å². The highest BCUT2D eigenvalue weighted by atomic mass is 35.5. The van der Waals surface area contributed by atoms with Crippen molar-refractivity contribution in [3.05, 3.63) is 47.5 Å². The largest absolute Gasteiger partial charge is 0.495 e. The molecule has 0 bridgehead atoms. The molecule has 25 heavy (non-hydrogen) atoms. The molecule has 3 aromatic rings. The summed E-state index contributed by atoms with van der Waals surface area (Å²) in [6.45, 7) is 0.489. The van der Waals surface area contributed by atoms with Crippen LogP contribution < -0.4 is 20.1 Å². The predicted molar refractivity (Wildman–Crippen MR) is 93.7 cm³/mol. The first kappa shape index (κ1) is 16.8. The van der Waals surface area contributed by atoms with Gasteiger partial charge in [0.2, 0.25) is 5.95 Å². The molecule has 2 N–H and O–H groups in total. The third-order valence-corrected chi connectivity index (χ3v) is 3.60. The van der Waals surface area contributed by atoms with E-state index in [2.05, 4.69) is 25.8 Å². The second-order valence-corrected chi connectivity index (χ2v) is 5.32. The Kier molecular flexibility index (Phi) is 5.20. The smallest absolute Gasteiger partial charge is 0.249 e. The lowest BCUT2D eigenvalue weighted by molar-refractivity contribution is 0.405. The molecule has 2 aromatic heterocycles. The topological polar surface area (TPSA) is 94.3 Å². The molecule has 0 spiro atoms. The molecule has 130 valence electrons. The van der Waals surface area contributed by atoms with Crippen LogP contribution in [0.3, 0.4) is 0 Å². The van der Waals surface area contributed by atoms with E-state index >= 15 is 0 Å². The molecule has 3 rings (SSSR count). The van der Waals surface area contributed by atoms with Crippen LogP contribution in [0.25, 0.3) is 0 Å². The van der Waals surface area contributed by atoms with Crippen LogP contribution in [0.1, 0.15) is 5.76 Å². The van der Waals surface area contributed by atoms with Crippen LogP contribution in [0.4, 0.5) is 17.5 Å². The second-order valence-electron chi connectivity index (χ2n) is 4.91. The van der Waals surface area contributed by atoms with Crippen molar-refractivity contribution >= 4 is 29.1 Å². The second kappa shape index (κ2) is 7.71. The van der Waals surface area contributed by atoms with Gasteiger partial charge in [0.15, 0.2) is 5.82 Å². The van der Waals surface area contributed by atoms with Gasteiger partial charge in [0.05, 0.1) is 43.9 Å². The Morgan fingerprint density at radius 2 is 2.04 bits per heavy atom. The molecule has 0 unspecified atom stereocenters. The van der Waals surface area contributed by atoms with E-state index in [1.165, 1.54) is 13.3 Å². The number of hydrogen-bond donors (Lipinski definition) is 2. The Hall–Kier alpha value is -3.00. The summed E-state index contributed by atoms with van der Waals surface area (Å²) in [5.74, 6) is 2.67. The summed E-state index contributed by atoms with van der Waals surface area (Å²) in [6, 6.07) is 7.04. The van der Waals surface area contributed by atoms with Gasteiger partial charge in [0.25, 0.3) is 0 Å². The third-order valence-electron chi connectivity index (χ3n) is 3.30. The number of anilines is 3. The summed E-state index contributed by atoms with van der Waals surface area (Å²) < 4.78 is 15.8. The quantitative estimate of drug-likeness (QED) is 0.660. The maximum Gasteiger partial charge on any atom is 0.249 e. The number of nitrogens with zero attached hydrogens (tertiary/aromatic N) is 3. The van der Waals surface area contributed by atoms with E-state index in [0.717, 1.165) is 5.76 Å². The lowest BCUT2D eigenvalue weighted by atomic mass is 10.2. The minimum Gasteiger partial charge on any atom is -0.495 e. The number of rotatable bonds is 7. The summed E-state index contributed by atoms with van der Waals surface area (Å²) in [5.41, 5.74) is 0.605. The van der Waals surface area contributed by atoms with Gasteiger partial charge in [0, 0.05) is 12.1 Å². The van der Waals surface area contributed by atoms with E-state index in [9.17, 15) is 0 Å². The van der Waals surface area contributed by atoms with Crippen molar-refractivity contribution in [1.82, 2.24) is 15.2 Å². The normalized spacial score (nSPS) is 10.4. The molecule has 0 aliphatic heterocycles. The molecule has 9 heteroatoms. The lowest BCUT2D eigenvalue weighted by Gasteiger charge is -2.13. The fourth-order valence-electron chi connectivity index (χ4n) is 2.11. The van der Waals surface area contributed by atoms with E-state index in [4.69, 9.17) is 25.5 Å².